The van der Waals surface area contributed by atoms with E-state index >= 15 is 0 Å². The van der Waals surface area contributed by atoms with Crippen LogP contribution >= 0.6 is 0 Å². The Morgan fingerprint density at radius 2 is 1.94 bits per heavy atom. The predicted octanol–water partition coefficient (Wildman–Crippen LogP) is 5.79. The fourth-order valence-corrected chi connectivity index (χ4v) is 5.41. The number of anilines is 1. The van der Waals surface area contributed by atoms with Gasteiger partial charge in [0, 0.05) is 18.3 Å². The summed E-state index contributed by atoms with van der Waals surface area (Å²) in [6.07, 6.45) is 5.39. The molecule has 0 saturated carbocycles. The van der Waals surface area contributed by atoms with Crippen molar-refractivity contribution in [3.8, 4) is 11.5 Å². The molecule has 2 aliphatic heterocycles. The van der Waals surface area contributed by atoms with Gasteiger partial charge in [0.15, 0.2) is 0 Å². The summed E-state index contributed by atoms with van der Waals surface area (Å²) in [7, 11) is 0. The van der Waals surface area contributed by atoms with E-state index in [0.29, 0.717) is 11.8 Å². The number of rotatable bonds is 6. The van der Waals surface area contributed by atoms with Crippen molar-refractivity contribution in [2.45, 2.75) is 57.2 Å². The maximum atomic E-state index is 13.6. The highest BCUT2D eigenvalue weighted by molar-refractivity contribution is 5.54. The smallest absolute Gasteiger partial charge is 0.123 e. The SMILES string of the molecule is CC(Oc1cccc(CC2c3ccc(O)cc3CCN2c2ccc(F)cc2)c1)C1CCCCN1. The second-order valence-corrected chi connectivity index (χ2v) is 9.55. The van der Waals surface area contributed by atoms with Crippen LogP contribution in [-0.4, -0.2) is 30.3 Å². The molecule has 1 saturated heterocycles. The lowest BCUT2D eigenvalue weighted by Crippen LogP contribution is -2.44. The monoisotopic (exact) mass is 460 g/mol. The van der Waals surface area contributed by atoms with Crippen molar-refractivity contribution in [1.82, 2.24) is 5.32 Å². The van der Waals surface area contributed by atoms with Crippen LogP contribution in [0.2, 0.25) is 0 Å². The summed E-state index contributed by atoms with van der Waals surface area (Å²) in [4.78, 5) is 2.35. The third kappa shape index (κ3) is 5.05. The van der Waals surface area contributed by atoms with Crippen LogP contribution in [0.4, 0.5) is 10.1 Å². The molecule has 2 N–H and O–H groups in total. The lowest BCUT2D eigenvalue weighted by atomic mass is 9.88. The zero-order chi connectivity index (χ0) is 23.5. The van der Waals surface area contributed by atoms with Gasteiger partial charge in [0.25, 0.3) is 0 Å². The molecule has 3 unspecified atom stereocenters. The first-order valence-corrected chi connectivity index (χ1v) is 12.4. The highest BCUT2D eigenvalue weighted by atomic mass is 19.1. The molecule has 2 aliphatic rings. The number of phenols is 1. The van der Waals surface area contributed by atoms with E-state index in [-0.39, 0.29) is 18.0 Å². The minimum atomic E-state index is -0.228. The Balaban J connectivity index is 1.40. The van der Waals surface area contributed by atoms with Crippen LogP contribution in [0.25, 0.3) is 0 Å². The lowest BCUT2D eigenvalue weighted by Gasteiger charge is -2.39. The molecule has 3 aromatic rings. The maximum absolute atomic E-state index is 13.6. The van der Waals surface area contributed by atoms with Crippen LogP contribution < -0.4 is 15.0 Å². The highest BCUT2D eigenvalue weighted by Gasteiger charge is 2.28. The largest absolute Gasteiger partial charge is 0.508 e. The number of ether oxygens (including phenoxy) is 1. The predicted molar refractivity (Wildman–Crippen MR) is 134 cm³/mol. The second kappa shape index (κ2) is 10.1. The van der Waals surface area contributed by atoms with E-state index in [1.54, 1.807) is 6.07 Å². The quantitative estimate of drug-likeness (QED) is 0.489. The molecule has 178 valence electrons. The number of phenolic OH excluding ortho intramolecular Hbond substituents is 1. The molecule has 0 aromatic heterocycles. The molecular formula is C29H33FN2O2. The van der Waals surface area contributed by atoms with Gasteiger partial charge in [-0.2, -0.15) is 0 Å². The maximum Gasteiger partial charge on any atom is 0.123 e. The number of nitrogens with one attached hydrogen (secondary N) is 1. The van der Waals surface area contributed by atoms with Crippen molar-refractivity contribution in [2.24, 2.45) is 0 Å². The lowest BCUT2D eigenvalue weighted by molar-refractivity contribution is 0.152. The van der Waals surface area contributed by atoms with Gasteiger partial charge >= 0.3 is 0 Å². The first-order chi connectivity index (χ1) is 16.6. The van der Waals surface area contributed by atoms with Gasteiger partial charge in [-0.25, -0.2) is 4.39 Å². The number of aromatic hydroxyl groups is 1. The molecule has 2 heterocycles. The summed E-state index contributed by atoms with van der Waals surface area (Å²) < 4.78 is 19.9. The van der Waals surface area contributed by atoms with Crippen LogP contribution in [0, 0.1) is 5.82 Å². The summed E-state index contributed by atoms with van der Waals surface area (Å²) in [5, 5.41) is 13.6. The van der Waals surface area contributed by atoms with Gasteiger partial charge in [0.2, 0.25) is 0 Å². The average Bonchev–Trinajstić information content (AvgIpc) is 2.85. The Hall–Kier alpha value is -3.05. The minimum absolute atomic E-state index is 0.0856. The van der Waals surface area contributed by atoms with E-state index < -0.39 is 0 Å². The van der Waals surface area contributed by atoms with Crippen molar-refractivity contribution >= 4 is 5.69 Å². The second-order valence-electron chi connectivity index (χ2n) is 9.55. The molecule has 0 aliphatic carbocycles. The van der Waals surface area contributed by atoms with Crippen molar-refractivity contribution < 1.29 is 14.2 Å². The molecule has 3 atom stereocenters. The van der Waals surface area contributed by atoms with E-state index in [1.165, 1.54) is 41.7 Å². The minimum Gasteiger partial charge on any atom is -0.508 e. The number of hydrogen-bond donors (Lipinski definition) is 2. The number of fused-ring (bicyclic) bond motifs is 1. The van der Waals surface area contributed by atoms with Crippen LogP contribution in [0.1, 0.15) is 48.9 Å². The van der Waals surface area contributed by atoms with Crippen LogP contribution in [0.15, 0.2) is 66.7 Å². The fraction of sp³-hybridized carbons (Fsp3) is 0.379. The average molecular weight is 461 g/mol. The number of benzene rings is 3. The summed E-state index contributed by atoms with van der Waals surface area (Å²) in [6.45, 7) is 4.03. The topological polar surface area (TPSA) is 44.7 Å². The van der Waals surface area contributed by atoms with Gasteiger partial charge in [-0.15, -0.1) is 0 Å². The standard InChI is InChI=1S/C29H33FN2O2/c1-20(28-7-2-3-15-31-28)34-26-6-4-5-21(17-26)18-29-27-13-12-25(33)19-22(27)14-16-32(29)24-10-8-23(30)9-11-24/h4-6,8-13,17,19-20,28-29,31,33H,2-3,7,14-16,18H2,1H3. The molecule has 5 heteroatoms. The van der Waals surface area contributed by atoms with Crippen LogP contribution in [0.3, 0.4) is 0 Å². The first-order valence-electron chi connectivity index (χ1n) is 12.4. The van der Waals surface area contributed by atoms with E-state index in [4.69, 9.17) is 4.74 Å². The first kappa shape index (κ1) is 22.7. The van der Waals surface area contributed by atoms with Crippen molar-refractivity contribution in [2.75, 3.05) is 18.0 Å². The number of hydrogen-bond acceptors (Lipinski definition) is 4. The van der Waals surface area contributed by atoms with Gasteiger partial charge in [0.1, 0.15) is 23.4 Å². The third-order valence-electron chi connectivity index (χ3n) is 7.21. The fourth-order valence-electron chi connectivity index (χ4n) is 5.41. The Morgan fingerprint density at radius 3 is 2.74 bits per heavy atom. The zero-order valence-corrected chi connectivity index (χ0v) is 19.7. The Bertz CT molecular complexity index is 1110. The van der Waals surface area contributed by atoms with E-state index in [0.717, 1.165) is 43.8 Å². The zero-order valence-electron chi connectivity index (χ0n) is 19.7. The van der Waals surface area contributed by atoms with Gasteiger partial charge in [-0.05, 0) is 104 Å². The highest BCUT2D eigenvalue weighted by Crippen LogP contribution is 2.37. The Kier molecular flexibility index (Phi) is 6.73. The molecule has 5 rings (SSSR count). The van der Waals surface area contributed by atoms with Gasteiger partial charge in [-0.1, -0.05) is 24.6 Å². The Morgan fingerprint density at radius 1 is 1.09 bits per heavy atom. The van der Waals surface area contributed by atoms with E-state index in [2.05, 4.69) is 35.3 Å². The molecule has 0 spiro atoms. The number of halogens is 1. The van der Waals surface area contributed by atoms with Gasteiger partial charge in [-0.3, -0.25) is 0 Å². The molecule has 0 bridgehead atoms. The van der Waals surface area contributed by atoms with Crippen molar-refractivity contribution in [3.05, 3.63) is 89.2 Å². The number of nitrogens with zero attached hydrogens (tertiary/aromatic N) is 1. The molecular weight excluding hydrogens is 427 g/mol. The van der Waals surface area contributed by atoms with E-state index in [9.17, 15) is 9.50 Å². The number of piperidine rings is 1. The molecule has 3 aromatic carbocycles. The Labute approximate surface area is 201 Å². The van der Waals surface area contributed by atoms with Crippen molar-refractivity contribution in [3.63, 3.8) is 0 Å². The molecule has 4 nitrogen and oxygen atoms in total. The van der Waals surface area contributed by atoms with E-state index in [1.807, 2.05) is 30.3 Å². The summed E-state index contributed by atoms with van der Waals surface area (Å²) in [6, 6.07) is 21.3. The normalized spacial score (nSPS) is 21.1. The molecule has 0 amide bonds. The molecule has 1 fully saturated rings. The van der Waals surface area contributed by atoms with Crippen LogP contribution in [-0.2, 0) is 12.8 Å². The summed E-state index contributed by atoms with van der Waals surface area (Å²) in [5.41, 5.74) is 4.58. The van der Waals surface area contributed by atoms with Crippen LogP contribution in [0.5, 0.6) is 11.5 Å². The third-order valence-corrected chi connectivity index (χ3v) is 7.21. The van der Waals surface area contributed by atoms with Crippen molar-refractivity contribution in [1.29, 1.82) is 0 Å². The molecule has 34 heavy (non-hydrogen) atoms. The summed E-state index contributed by atoms with van der Waals surface area (Å²) >= 11 is 0. The summed E-state index contributed by atoms with van der Waals surface area (Å²) in [5.74, 6) is 0.968. The van der Waals surface area contributed by atoms with Gasteiger partial charge in [0.05, 0.1) is 6.04 Å². The van der Waals surface area contributed by atoms with Gasteiger partial charge < -0.3 is 20.1 Å². The molecule has 0 radical (unpaired) electrons.